The number of halogens is 1. The Balaban J connectivity index is 0. The van der Waals surface area contributed by atoms with Gasteiger partial charge in [-0.1, -0.05) is 13.8 Å². The molecular formula is C10H13ClMgO. The molecule has 1 aromatic rings. The van der Waals surface area contributed by atoms with E-state index in [1.807, 2.05) is 24.3 Å². The molecule has 3 heteroatoms. The monoisotopic (exact) mass is 208 g/mol. The molecule has 1 nitrogen and oxygen atoms in total. The first-order valence-electron chi connectivity index (χ1n) is 3.88. The Kier molecular flexibility index (Phi) is 10.4. The molecule has 13 heavy (non-hydrogen) atoms. The fourth-order valence-corrected chi connectivity index (χ4v) is 0.730. The van der Waals surface area contributed by atoms with Crippen LogP contribution in [0.4, 0.5) is 0 Å². The Morgan fingerprint density at radius 3 is 2.62 bits per heavy atom. The zero-order valence-electron chi connectivity index (χ0n) is 8.09. The minimum Gasteiger partial charge on any atom is -1.00 e. The van der Waals surface area contributed by atoms with E-state index in [1.54, 1.807) is 0 Å². The Morgan fingerprint density at radius 1 is 1.46 bits per heavy atom. The maximum Gasteiger partial charge on any atom is 2.00 e. The Bertz CT molecular complexity index is 201. The predicted octanol–water partition coefficient (Wildman–Crippen LogP) is -0.855. The molecule has 68 valence electrons. The molecule has 0 bridgehead atoms. The molecule has 0 atom stereocenters. The fourth-order valence-electron chi connectivity index (χ4n) is 0.730. The number of hydrogen-bond donors (Lipinski definition) is 0. The van der Waals surface area contributed by atoms with Crippen molar-refractivity contribution in [2.75, 3.05) is 6.61 Å². The first-order chi connectivity index (χ1) is 5.29. The van der Waals surface area contributed by atoms with Gasteiger partial charge in [0.05, 0.1) is 6.61 Å². The van der Waals surface area contributed by atoms with Gasteiger partial charge in [0.2, 0.25) is 0 Å². The standard InChI is InChI=1S/C10H13O.ClH.Mg/c1-9(2)8-11-10-6-4-3-5-7-10;;/h3-4,6-7,9H,8H2,1-2H3;1H;/q-1;;+2/p-1. The summed E-state index contributed by atoms with van der Waals surface area (Å²) in [5.74, 6) is 1.48. The van der Waals surface area contributed by atoms with Gasteiger partial charge in [0, 0.05) is 5.75 Å². The van der Waals surface area contributed by atoms with Crippen molar-refractivity contribution in [3.05, 3.63) is 30.3 Å². The molecule has 0 amide bonds. The van der Waals surface area contributed by atoms with Gasteiger partial charge < -0.3 is 17.1 Å². The van der Waals surface area contributed by atoms with E-state index in [0.29, 0.717) is 5.92 Å². The summed E-state index contributed by atoms with van der Waals surface area (Å²) in [4.78, 5) is 0. The molecular weight excluding hydrogens is 196 g/mol. The normalized spacial score (nSPS) is 8.54. The van der Waals surface area contributed by atoms with Crippen molar-refractivity contribution in [2.24, 2.45) is 5.92 Å². The van der Waals surface area contributed by atoms with E-state index < -0.39 is 0 Å². The largest absolute Gasteiger partial charge is 2.00 e. The van der Waals surface area contributed by atoms with Gasteiger partial charge in [-0.3, -0.25) is 0 Å². The molecule has 0 unspecified atom stereocenters. The average Bonchev–Trinajstić information content (AvgIpc) is 2.03. The maximum atomic E-state index is 5.44. The summed E-state index contributed by atoms with van der Waals surface area (Å²) >= 11 is 0. The summed E-state index contributed by atoms with van der Waals surface area (Å²) in [5, 5.41) is 0. The van der Waals surface area contributed by atoms with Crippen LogP contribution in [0.3, 0.4) is 0 Å². The molecule has 0 fully saturated rings. The van der Waals surface area contributed by atoms with E-state index in [-0.39, 0.29) is 35.5 Å². The van der Waals surface area contributed by atoms with Crippen LogP contribution in [0, 0.1) is 12.0 Å². The van der Waals surface area contributed by atoms with Gasteiger partial charge >= 0.3 is 23.1 Å². The molecule has 0 saturated carbocycles. The van der Waals surface area contributed by atoms with Crippen LogP contribution in [0.1, 0.15) is 13.8 Å². The zero-order valence-corrected chi connectivity index (χ0v) is 10.3. The van der Waals surface area contributed by atoms with Gasteiger partial charge in [-0.15, -0.1) is 12.1 Å². The number of benzene rings is 1. The molecule has 0 radical (unpaired) electrons. The van der Waals surface area contributed by atoms with Crippen LogP contribution in [-0.2, 0) is 0 Å². The summed E-state index contributed by atoms with van der Waals surface area (Å²) in [6.07, 6.45) is 0. The van der Waals surface area contributed by atoms with E-state index in [2.05, 4.69) is 19.9 Å². The van der Waals surface area contributed by atoms with Crippen LogP contribution >= 0.6 is 0 Å². The molecule has 0 aliphatic carbocycles. The van der Waals surface area contributed by atoms with Crippen LogP contribution in [0.5, 0.6) is 5.75 Å². The third-order valence-corrected chi connectivity index (χ3v) is 1.26. The molecule has 1 aromatic carbocycles. The second-order valence-electron chi connectivity index (χ2n) is 2.94. The van der Waals surface area contributed by atoms with Crippen molar-refractivity contribution in [1.82, 2.24) is 0 Å². The zero-order chi connectivity index (χ0) is 8.10. The molecule has 0 N–H and O–H groups in total. The van der Waals surface area contributed by atoms with Crippen molar-refractivity contribution >= 4 is 23.1 Å². The van der Waals surface area contributed by atoms with Crippen molar-refractivity contribution in [3.63, 3.8) is 0 Å². The summed E-state index contributed by atoms with van der Waals surface area (Å²) in [6.45, 7) is 5.04. The van der Waals surface area contributed by atoms with Crippen molar-refractivity contribution in [2.45, 2.75) is 13.8 Å². The molecule has 0 spiro atoms. The predicted molar refractivity (Wildman–Crippen MR) is 51.4 cm³/mol. The molecule has 0 heterocycles. The van der Waals surface area contributed by atoms with Gasteiger partial charge in [-0.05, 0) is 5.92 Å². The van der Waals surface area contributed by atoms with Crippen molar-refractivity contribution in [1.29, 1.82) is 0 Å². The number of hydrogen-bond acceptors (Lipinski definition) is 1. The van der Waals surface area contributed by atoms with Gasteiger partial charge in [0.1, 0.15) is 0 Å². The van der Waals surface area contributed by atoms with Crippen molar-refractivity contribution in [3.8, 4) is 5.75 Å². The van der Waals surface area contributed by atoms with E-state index in [1.165, 1.54) is 0 Å². The first kappa shape index (κ1) is 15.5. The number of ether oxygens (including phenoxy) is 1. The summed E-state index contributed by atoms with van der Waals surface area (Å²) in [7, 11) is 0. The Hall–Kier alpha value is 0.0762. The molecule has 0 saturated heterocycles. The summed E-state index contributed by atoms with van der Waals surface area (Å²) < 4.78 is 5.44. The van der Waals surface area contributed by atoms with Crippen LogP contribution in [-0.4, -0.2) is 29.7 Å². The first-order valence-corrected chi connectivity index (χ1v) is 3.88. The van der Waals surface area contributed by atoms with Crippen molar-refractivity contribution < 1.29 is 17.1 Å². The minimum absolute atomic E-state index is 0. The van der Waals surface area contributed by atoms with Gasteiger partial charge in [-0.25, -0.2) is 0 Å². The SMILES string of the molecule is CC(C)COc1c[c-]ccc1.[Cl-].[Mg+2]. The Morgan fingerprint density at radius 2 is 2.15 bits per heavy atom. The summed E-state index contributed by atoms with van der Waals surface area (Å²) in [5.41, 5.74) is 0. The van der Waals surface area contributed by atoms with Crippen LogP contribution in [0.15, 0.2) is 24.3 Å². The third kappa shape index (κ3) is 7.17. The topological polar surface area (TPSA) is 9.23 Å². The smallest absolute Gasteiger partial charge is 1.00 e. The third-order valence-electron chi connectivity index (χ3n) is 1.26. The van der Waals surface area contributed by atoms with Crippen LogP contribution in [0.25, 0.3) is 0 Å². The Labute approximate surface area is 102 Å². The summed E-state index contributed by atoms with van der Waals surface area (Å²) in [6, 6.07) is 10.5. The minimum atomic E-state index is 0. The van der Waals surface area contributed by atoms with E-state index in [0.717, 1.165) is 12.4 Å². The molecule has 0 aromatic heterocycles. The molecule has 1 rings (SSSR count). The number of rotatable bonds is 3. The molecule has 0 aliphatic rings. The van der Waals surface area contributed by atoms with Gasteiger partial charge in [-0.2, -0.15) is 18.2 Å². The van der Waals surface area contributed by atoms with Crippen LogP contribution in [0.2, 0.25) is 0 Å². The molecule has 0 aliphatic heterocycles. The second-order valence-corrected chi connectivity index (χ2v) is 2.94. The van der Waals surface area contributed by atoms with E-state index >= 15 is 0 Å². The van der Waals surface area contributed by atoms with Gasteiger partial charge in [0.25, 0.3) is 0 Å². The average molecular weight is 209 g/mol. The van der Waals surface area contributed by atoms with Crippen LogP contribution < -0.4 is 17.1 Å². The quantitative estimate of drug-likeness (QED) is 0.465. The van der Waals surface area contributed by atoms with E-state index in [9.17, 15) is 0 Å². The van der Waals surface area contributed by atoms with E-state index in [4.69, 9.17) is 4.74 Å². The maximum absolute atomic E-state index is 5.44. The second kappa shape index (κ2) is 8.66. The van der Waals surface area contributed by atoms with Gasteiger partial charge in [0.15, 0.2) is 0 Å². The fraction of sp³-hybridized carbons (Fsp3) is 0.400.